The van der Waals surface area contributed by atoms with E-state index in [1.165, 1.54) is 0 Å². The summed E-state index contributed by atoms with van der Waals surface area (Å²) in [4.78, 5) is 9.64. The number of hydrogen-bond donors (Lipinski definition) is 0. The zero-order valence-corrected chi connectivity index (χ0v) is 6.61. The lowest BCUT2D eigenvalue weighted by atomic mass is 10.4. The molecule has 0 aromatic rings. The molecule has 0 aliphatic heterocycles. The van der Waals surface area contributed by atoms with Gasteiger partial charge in [-0.25, -0.2) is 0 Å². The van der Waals surface area contributed by atoms with E-state index in [4.69, 9.17) is 0 Å². The van der Waals surface area contributed by atoms with E-state index < -0.39 is 0 Å². The third-order valence-electron chi connectivity index (χ3n) is 1.06. The van der Waals surface area contributed by atoms with Gasteiger partial charge in [-0.2, -0.15) is 0 Å². The van der Waals surface area contributed by atoms with Crippen LogP contribution in [0.4, 0.5) is 0 Å². The molecule has 0 fully saturated rings. The van der Waals surface area contributed by atoms with E-state index in [-0.39, 0.29) is 0 Å². The number of ether oxygens (including phenoxy) is 1. The molecule has 1 unspecified atom stereocenters. The van der Waals surface area contributed by atoms with E-state index in [0.717, 1.165) is 6.42 Å². The maximum absolute atomic E-state index is 9.64. The Bertz CT molecular complexity index is 75.5. The highest BCUT2D eigenvalue weighted by Gasteiger charge is 1.96. The van der Waals surface area contributed by atoms with E-state index in [2.05, 4.69) is 18.6 Å². The van der Waals surface area contributed by atoms with Crippen LogP contribution in [0.15, 0.2) is 0 Å². The summed E-state index contributed by atoms with van der Waals surface area (Å²) in [6, 6.07) is 0. The van der Waals surface area contributed by atoms with Crippen LogP contribution in [0.2, 0.25) is 0 Å². The van der Waals surface area contributed by atoms with Gasteiger partial charge < -0.3 is 4.74 Å². The number of hydrogen-bond acceptors (Lipinski definition) is 3. The first kappa shape index (κ1) is 8.82. The molecule has 54 valence electrons. The number of thioether (sulfide) groups is 1. The summed E-state index contributed by atoms with van der Waals surface area (Å²) in [5.41, 5.74) is 0. The van der Waals surface area contributed by atoms with Crippen LogP contribution in [0.25, 0.3) is 0 Å². The van der Waals surface area contributed by atoms with Gasteiger partial charge in [-0.3, -0.25) is 4.79 Å². The fourth-order valence-corrected chi connectivity index (χ4v) is 0.903. The molecule has 0 saturated carbocycles. The van der Waals surface area contributed by atoms with Crippen LogP contribution in [0.1, 0.15) is 20.3 Å². The Kier molecular flexibility index (Phi) is 5.83. The number of rotatable bonds is 5. The van der Waals surface area contributed by atoms with Gasteiger partial charge in [0.2, 0.25) is 0 Å². The van der Waals surface area contributed by atoms with E-state index in [0.29, 0.717) is 17.7 Å². The van der Waals surface area contributed by atoms with E-state index >= 15 is 0 Å². The van der Waals surface area contributed by atoms with E-state index in [9.17, 15) is 4.79 Å². The highest BCUT2D eigenvalue weighted by Crippen LogP contribution is 2.12. The fraction of sp³-hybridized carbons (Fsp3) is 0.833. The van der Waals surface area contributed by atoms with Gasteiger partial charge in [0, 0.05) is 5.25 Å². The minimum atomic E-state index is 0.482. The average Bonchev–Trinajstić information content (AvgIpc) is 1.89. The molecular formula is C6H12O2S. The molecule has 0 radical (unpaired) electrons. The first-order valence-corrected chi connectivity index (χ1v) is 4.03. The Morgan fingerprint density at radius 1 is 1.78 bits per heavy atom. The minimum absolute atomic E-state index is 0.482. The van der Waals surface area contributed by atoms with Crippen molar-refractivity contribution in [2.75, 3.05) is 5.94 Å². The molecule has 0 aromatic heterocycles. The molecule has 0 amide bonds. The van der Waals surface area contributed by atoms with Crippen molar-refractivity contribution in [3.05, 3.63) is 0 Å². The van der Waals surface area contributed by atoms with Crippen molar-refractivity contribution in [2.45, 2.75) is 25.5 Å². The lowest BCUT2D eigenvalue weighted by Crippen LogP contribution is -1.96. The van der Waals surface area contributed by atoms with Crippen LogP contribution in [-0.4, -0.2) is 17.7 Å². The smallest absolute Gasteiger partial charge is 0.293 e. The Morgan fingerprint density at radius 3 is 2.89 bits per heavy atom. The lowest BCUT2D eigenvalue weighted by molar-refractivity contribution is -0.126. The Morgan fingerprint density at radius 2 is 2.44 bits per heavy atom. The van der Waals surface area contributed by atoms with Crippen molar-refractivity contribution in [3.63, 3.8) is 0 Å². The topological polar surface area (TPSA) is 26.3 Å². The van der Waals surface area contributed by atoms with Crippen LogP contribution in [0.5, 0.6) is 0 Å². The third kappa shape index (κ3) is 5.69. The summed E-state index contributed by atoms with van der Waals surface area (Å²) in [5, 5.41) is 0.588. The number of carbonyl (C=O) groups is 1. The molecular weight excluding hydrogens is 136 g/mol. The first-order chi connectivity index (χ1) is 4.31. The van der Waals surface area contributed by atoms with Crippen molar-refractivity contribution in [2.24, 2.45) is 0 Å². The highest BCUT2D eigenvalue weighted by molar-refractivity contribution is 7.99. The predicted octanol–water partition coefficient (Wildman–Crippen LogP) is 1.65. The SMILES string of the molecule is CCC(C)SCOC=O. The van der Waals surface area contributed by atoms with Crippen molar-refractivity contribution >= 4 is 18.2 Å². The van der Waals surface area contributed by atoms with Gasteiger partial charge in [0.05, 0.1) is 0 Å². The minimum Gasteiger partial charge on any atom is -0.457 e. The second kappa shape index (κ2) is 5.95. The number of carbonyl (C=O) groups excluding carboxylic acids is 1. The summed E-state index contributed by atoms with van der Waals surface area (Å²) in [6.07, 6.45) is 1.12. The second-order valence-corrected chi connectivity index (χ2v) is 3.14. The highest BCUT2D eigenvalue weighted by atomic mass is 32.2. The van der Waals surface area contributed by atoms with Gasteiger partial charge >= 0.3 is 0 Å². The largest absolute Gasteiger partial charge is 0.457 e. The van der Waals surface area contributed by atoms with Gasteiger partial charge in [0.1, 0.15) is 5.94 Å². The molecule has 0 rings (SSSR count). The lowest BCUT2D eigenvalue weighted by Gasteiger charge is -2.04. The summed E-state index contributed by atoms with van der Waals surface area (Å²) >= 11 is 1.65. The molecule has 0 aliphatic carbocycles. The fourth-order valence-electron chi connectivity index (χ4n) is 0.301. The van der Waals surface area contributed by atoms with Gasteiger partial charge in [0.25, 0.3) is 6.47 Å². The first-order valence-electron chi connectivity index (χ1n) is 2.98. The maximum atomic E-state index is 9.64. The van der Waals surface area contributed by atoms with Crippen molar-refractivity contribution < 1.29 is 9.53 Å². The summed E-state index contributed by atoms with van der Waals surface area (Å²) in [5.74, 6) is 0.485. The quantitative estimate of drug-likeness (QED) is 0.337. The molecule has 0 aromatic carbocycles. The van der Waals surface area contributed by atoms with Crippen LogP contribution in [0, 0.1) is 0 Å². The Balaban J connectivity index is 2.96. The normalized spacial score (nSPS) is 12.7. The van der Waals surface area contributed by atoms with Gasteiger partial charge in [-0.15, -0.1) is 11.8 Å². The van der Waals surface area contributed by atoms with Crippen LogP contribution in [0.3, 0.4) is 0 Å². The van der Waals surface area contributed by atoms with Gasteiger partial charge in [-0.1, -0.05) is 13.8 Å². The molecule has 2 nitrogen and oxygen atoms in total. The molecule has 9 heavy (non-hydrogen) atoms. The maximum Gasteiger partial charge on any atom is 0.293 e. The van der Waals surface area contributed by atoms with Crippen molar-refractivity contribution in [1.82, 2.24) is 0 Å². The zero-order chi connectivity index (χ0) is 7.11. The van der Waals surface area contributed by atoms with Crippen LogP contribution < -0.4 is 0 Å². The van der Waals surface area contributed by atoms with Gasteiger partial charge in [-0.05, 0) is 6.42 Å². The standard InChI is InChI=1S/C6H12O2S/c1-3-6(2)9-5-8-4-7/h4,6H,3,5H2,1-2H3. The van der Waals surface area contributed by atoms with Crippen molar-refractivity contribution in [1.29, 1.82) is 0 Å². The summed E-state index contributed by atoms with van der Waals surface area (Å²) in [7, 11) is 0. The molecule has 0 spiro atoms. The zero-order valence-electron chi connectivity index (χ0n) is 5.79. The van der Waals surface area contributed by atoms with Gasteiger partial charge in [0.15, 0.2) is 0 Å². The molecule has 0 N–H and O–H groups in total. The van der Waals surface area contributed by atoms with Crippen LogP contribution >= 0.6 is 11.8 Å². The van der Waals surface area contributed by atoms with E-state index in [1.54, 1.807) is 11.8 Å². The molecule has 3 heteroatoms. The predicted molar refractivity (Wildman–Crippen MR) is 39.4 cm³/mol. The third-order valence-corrected chi connectivity index (χ3v) is 2.24. The Labute approximate surface area is 60.0 Å². The monoisotopic (exact) mass is 148 g/mol. The second-order valence-electron chi connectivity index (χ2n) is 1.77. The van der Waals surface area contributed by atoms with Crippen LogP contribution in [-0.2, 0) is 9.53 Å². The average molecular weight is 148 g/mol. The molecule has 0 aliphatic rings. The molecule has 0 saturated heterocycles. The Hall–Kier alpha value is -0.180. The van der Waals surface area contributed by atoms with E-state index in [1.807, 2.05) is 0 Å². The summed E-state index contributed by atoms with van der Waals surface area (Å²) in [6.45, 7) is 4.70. The summed E-state index contributed by atoms with van der Waals surface area (Å²) < 4.78 is 4.49. The molecule has 0 heterocycles. The van der Waals surface area contributed by atoms with Crippen molar-refractivity contribution in [3.8, 4) is 0 Å². The molecule has 1 atom stereocenters. The molecule has 0 bridgehead atoms.